The molecule has 0 bridgehead atoms. The van der Waals surface area contributed by atoms with Gasteiger partial charge in [0.1, 0.15) is 27.1 Å². The van der Waals surface area contributed by atoms with Gasteiger partial charge in [-0.3, -0.25) is 0 Å². The molecule has 3 N–H and O–H groups in total. The average Bonchev–Trinajstić information content (AvgIpc) is 3.72. The maximum atomic E-state index is 14.0. The molecule has 4 aromatic rings. The van der Waals surface area contributed by atoms with Crippen molar-refractivity contribution in [3.63, 3.8) is 0 Å². The SMILES string of the molecule is COc1ccc([C@H](Cc2c(Cl)c[nH+]cc2Cl)OC(=O)c2ccc(NC3(C(=O)OC4CCN(C)CC4)CCc4ccccc43)s2)cc1OC.[OH-]. The quantitative estimate of drug-likeness (QED) is 0.167. The lowest BCUT2D eigenvalue weighted by atomic mass is 9.91. The lowest BCUT2D eigenvalue weighted by molar-refractivity contribution is -0.377. The van der Waals surface area contributed by atoms with Gasteiger partial charge in [0.2, 0.25) is 0 Å². The molecule has 2 aromatic carbocycles. The largest absolute Gasteiger partial charge is 0.870 e. The molecule has 1 fully saturated rings. The molecule has 2 aromatic heterocycles. The fraction of sp³-hybridized carbons (Fsp3) is 0.361. The number of carbonyl (C=O) groups is 2. The Morgan fingerprint density at radius 2 is 1.73 bits per heavy atom. The first kappa shape index (κ1) is 36.4. The number of fused-ring (bicyclic) bond motifs is 1. The van der Waals surface area contributed by atoms with Crippen molar-refractivity contribution in [3.05, 3.63) is 104 Å². The molecular weight excluding hydrogens is 689 g/mol. The van der Waals surface area contributed by atoms with Crippen molar-refractivity contribution < 1.29 is 39.0 Å². The van der Waals surface area contributed by atoms with E-state index >= 15 is 0 Å². The molecule has 2 atom stereocenters. The first-order valence-electron chi connectivity index (χ1n) is 15.8. The van der Waals surface area contributed by atoms with Crippen LogP contribution < -0.4 is 19.8 Å². The van der Waals surface area contributed by atoms with Gasteiger partial charge in [0.05, 0.1) is 19.2 Å². The number of benzene rings is 2. The highest BCUT2D eigenvalue weighted by molar-refractivity contribution is 7.17. The number of halogens is 2. The summed E-state index contributed by atoms with van der Waals surface area (Å²) in [5, 5.41) is 5.00. The van der Waals surface area contributed by atoms with Crippen LogP contribution >= 0.6 is 34.5 Å². The molecule has 2 aliphatic rings. The Hall–Kier alpha value is -3.87. The number of likely N-dealkylation sites (tertiary alicyclic amines) is 1. The number of rotatable bonds is 11. The van der Waals surface area contributed by atoms with Gasteiger partial charge in [-0.05, 0) is 73.7 Å². The average molecular weight is 729 g/mol. The number of esters is 2. The molecule has 1 unspecified atom stereocenters. The fourth-order valence-corrected chi connectivity index (χ4v) is 7.81. The molecule has 1 aliphatic heterocycles. The van der Waals surface area contributed by atoms with E-state index in [2.05, 4.69) is 28.3 Å². The molecular formula is C36H39Cl2N3O7S. The minimum absolute atomic E-state index is 0. The van der Waals surface area contributed by atoms with Crippen LogP contribution in [0.1, 0.15) is 57.3 Å². The number of ether oxygens (including phenoxy) is 4. The van der Waals surface area contributed by atoms with Crippen molar-refractivity contribution >= 4 is 51.5 Å². The number of hydrogen-bond donors (Lipinski definition) is 1. The number of nitrogens with one attached hydrogen (secondary N) is 2. The smallest absolute Gasteiger partial charge is 0.349 e. The van der Waals surface area contributed by atoms with Gasteiger partial charge in [-0.25, -0.2) is 14.6 Å². The van der Waals surface area contributed by atoms with Gasteiger partial charge >= 0.3 is 11.9 Å². The second-order valence-electron chi connectivity index (χ2n) is 12.1. The summed E-state index contributed by atoms with van der Waals surface area (Å²) in [5.74, 6) is 0.216. The molecule has 0 saturated carbocycles. The summed E-state index contributed by atoms with van der Waals surface area (Å²) < 4.78 is 23.2. The Morgan fingerprint density at radius 3 is 2.45 bits per heavy atom. The molecule has 1 saturated heterocycles. The van der Waals surface area contributed by atoms with Crippen LogP contribution in [0.4, 0.5) is 5.00 Å². The second-order valence-corrected chi connectivity index (χ2v) is 14.0. The van der Waals surface area contributed by atoms with Crippen LogP contribution in [0.2, 0.25) is 10.0 Å². The van der Waals surface area contributed by atoms with Gasteiger partial charge in [0.25, 0.3) is 0 Å². The Kier molecular flexibility index (Phi) is 11.7. The van der Waals surface area contributed by atoms with Crippen LogP contribution in [0, 0.1) is 0 Å². The molecule has 6 rings (SSSR count). The van der Waals surface area contributed by atoms with E-state index in [1.807, 2.05) is 24.3 Å². The molecule has 10 nitrogen and oxygen atoms in total. The van der Waals surface area contributed by atoms with Crippen LogP contribution in [0.25, 0.3) is 0 Å². The summed E-state index contributed by atoms with van der Waals surface area (Å²) >= 11 is 14.2. The zero-order valence-electron chi connectivity index (χ0n) is 27.5. The number of aromatic nitrogens is 1. The van der Waals surface area contributed by atoms with E-state index in [1.165, 1.54) is 11.3 Å². The summed E-state index contributed by atoms with van der Waals surface area (Å²) in [6.07, 6.45) is 5.46. The van der Waals surface area contributed by atoms with Crippen LogP contribution in [-0.4, -0.2) is 62.8 Å². The number of methoxy groups -OCH3 is 2. The van der Waals surface area contributed by atoms with Crippen molar-refractivity contribution in [2.24, 2.45) is 0 Å². The maximum Gasteiger partial charge on any atom is 0.349 e. The number of anilines is 1. The highest BCUT2D eigenvalue weighted by atomic mass is 35.5. The molecule has 49 heavy (non-hydrogen) atoms. The number of pyridine rings is 1. The van der Waals surface area contributed by atoms with Crippen molar-refractivity contribution in [1.29, 1.82) is 0 Å². The fourth-order valence-electron chi connectivity index (χ4n) is 6.41. The summed E-state index contributed by atoms with van der Waals surface area (Å²) in [6, 6.07) is 16.8. The zero-order valence-corrected chi connectivity index (χ0v) is 29.8. The Balaban J connectivity index is 0.00000468. The Labute approximate surface area is 299 Å². The standard InChI is InChI=1S/C36H37Cl2N3O6S.H2O/c1-41-16-13-24(14-17-41)46-35(43)36(15-12-22-6-4-5-7-26(22)36)40-33-11-10-32(48-33)34(42)47-30(19-25-27(37)20-39-21-28(25)38)23-8-9-29(44-2)31(18-23)45-3;/h4-11,18,20-21,24,30,40H,12-17,19H2,1-3H3;1H2/t30-,36?;/m0./s1. The van der Waals surface area contributed by atoms with E-state index in [9.17, 15) is 9.59 Å². The van der Waals surface area contributed by atoms with Crippen molar-refractivity contribution in [3.8, 4) is 11.5 Å². The van der Waals surface area contributed by atoms with Crippen LogP contribution in [0.15, 0.2) is 67.0 Å². The molecule has 260 valence electrons. The first-order valence-corrected chi connectivity index (χ1v) is 17.4. The number of piperidine rings is 1. The third-order valence-electron chi connectivity index (χ3n) is 9.09. The number of hydrogen-bond acceptors (Lipinski definition) is 10. The van der Waals surface area contributed by atoms with E-state index in [1.54, 1.807) is 50.9 Å². The number of H-pyrrole nitrogens is 1. The van der Waals surface area contributed by atoms with E-state index in [0.717, 1.165) is 43.5 Å². The molecule has 13 heteroatoms. The number of thiophene rings is 1. The van der Waals surface area contributed by atoms with Crippen molar-refractivity contribution in [2.45, 2.75) is 49.9 Å². The molecule has 3 heterocycles. The van der Waals surface area contributed by atoms with Gasteiger partial charge in [-0.1, -0.05) is 53.5 Å². The Bertz CT molecular complexity index is 1780. The van der Waals surface area contributed by atoms with Crippen LogP contribution in [0.3, 0.4) is 0 Å². The van der Waals surface area contributed by atoms with E-state index < -0.39 is 17.6 Å². The van der Waals surface area contributed by atoms with Crippen molar-refractivity contribution in [1.82, 2.24) is 4.90 Å². The number of aryl methyl sites for hydroxylation is 1. The minimum atomic E-state index is -1.06. The summed E-state index contributed by atoms with van der Waals surface area (Å²) in [7, 11) is 5.18. The predicted octanol–water partition coefficient (Wildman–Crippen LogP) is 6.74. The monoisotopic (exact) mass is 727 g/mol. The normalized spacial score (nSPS) is 18.1. The lowest BCUT2D eigenvalue weighted by Crippen LogP contribution is -2.45. The highest BCUT2D eigenvalue weighted by Crippen LogP contribution is 2.43. The predicted molar refractivity (Wildman–Crippen MR) is 187 cm³/mol. The third kappa shape index (κ3) is 7.81. The van der Waals surface area contributed by atoms with Crippen LogP contribution in [0.5, 0.6) is 11.5 Å². The second kappa shape index (κ2) is 15.8. The summed E-state index contributed by atoms with van der Waals surface area (Å²) in [5.41, 5.74) is 2.25. The summed E-state index contributed by atoms with van der Waals surface area (Å²) in [6.45, 7) is 1.77. The number of nitrogens with zero attached hydrogens (tertiary/aromatic N) is 1. The van der Waals surface area contributed by atoms with Crippen LogP contribution in [-0.2, 0) is 32.6 Å². The molecule has 1 aliphatic carbocycles. The van der Waals surface area contributed by atoms with Gasteiger partial charge in [0.15, 0.2) is 29.4 Å². The van der Waals surface area contributed by atoms with E-state index in [4.69, 9.17) is 42.1 Å². The highest BCUT2D eigenvalue weighted by Gasteiger charge is 2.48. The lowest BCUT2D eigenvalue weighted by Gasteiger charge is -2.34. The van der Waals surface area contributed by atoms with Gasteiger partial charge in [-0.2, -0.15) is 0 Å². The molecule has 0 amide bonds. The topological polar surface area (TPSA) is 130 Å². The number of carbonyl (C=O) groups excluding carboxylic acids is 2. The minimum Gasteiger partial charge on any atom is -0.870 e. The van der Waals surface area contributed by atoms with Crippen molar-refractivity contribution in [2.75, 3.05) is 39.7 Å². The van der Waals surface area contributed by atoms with Gasteiger partial charge in [-0.15, -0.1) is 11.3 Å². The third-order valence-corrected chi connectivity index (χ3v) is 10.7. The van der Waals surface area contributed by atoms with E-state index in [-0.39, 0.29) is 24.0 Å². The molecule has 0 spiro atoms. The van der Waals surface area contributed by atoms with E-state index in [0.29, 0.717) is 49.0 Å². The van der Waals surface area contributed by atoms with Gasteiger partial charge < -0.3 is 34.6 Å². The Morgan fingerprint density at radius 1 is 1.02 bits per heavy atom. The summed E-state index contributed by atoms with van der Waals surface area (Å²) in [4.78, 5) is 33.3. The first-order chi connectivity index (χ1) is 23.2. The maximum absolute atomic E-state index is 14.0. The van der Waals surface area contributed by atoms with Gasteiger partial charge in [0, 0.05) is 25.1 Å². The zero-order chi connectivity index (χ0) is 33.8. The number of aromatic amines is 1. The molecule has 0 radical (unpaired) electrons.